The summed E-state index contributed by atoms with van der Waals surface area (Å²) in [7, 11) is 1.49. The van der Waals surface area contributed by atoms with Gasteiger partial charge in [0.15, 0.2) is 11.5 Å². The number of para-hydroxylation sites is 1. The van der Waals surface area contributed by atoms with Crippen molar-refractivity contribution in [2.45, 2.75) is 26.7 Å². The molecule has 7 heteroatoms. The maximum absolute atomic E-state index is 13.1. The first-order valence-electron chi connectivity index (χ1n) is 10.9. The van der Waals surface area contributed by atoms with E-state index >= 15 is 0 Å². The van der Waals surface area contributed by atoms with E-state index < -0.39 is 5.97 Å². The van der Waals surface area contributed by atoms with Crippen LogP contribution in [0.2, 0.25) is 0 Å². The Morgan fingerprint density at radius 3 is 2.47 bits per heavy atom. The second kappa shape index (κ2) is 9.70. The van der Waals surface area contributed by atoms with E-state index in [4.69, 9.17) is 9.47 Å². The fraction of sp³-hybridized carbons (Fsp3) is 0.185. The molecule has 0 radical (unpaired) electrons. The Bertz CT molecular complexity index is 1440. The van der Waals surface area contributed by atoms with Gasteiger partial charge in [0.05, 0.1) is 29.8 Å². The van der Waals surface area contributed by atoms with Crippen molar-refractivity contribution >= 4 is 23.1 Å². The molecule has 0 bridgehead atoms. The number of nitrogens with zero attached hydrogens (tertiary/aromatic N) is 3. The lowest BCUT2D eigenvalue weighted by Crippen LogP contribution is -2.23. The highest BCUT2D eigenvalue weighted by Gasteiger charge is 2.14. The fourth-order valence-electron chi connectivity index (χ4n) is 3.45. The quantitative estimate of drug-likeness (QED) is 0.234. The standard InChI is InChI=1S/C27H25N3O4/c1-17(2)25-29-22-8-6-5-7-21(22)26(31)30(25)28-16-19-11-14-23(24(15-19)33-4)34-27(32)20-12-9-18(3)10-13-20/h5-17H,1-4H3. The van der Waals surface area contributed by atoms with Crippen molar-refractivity contribution in [3.05, 3.63) is 99.6 Å². The van der Waals surface area contributed by atoms with Gasteiger partial charge in [-0.1, -0.05) is 43.7 Å². The zero-order chi connectivity index (χ0) is 24.2. The van der Waals surface area contributed by atoms with Gasteiger partial charge in [-0.2, -0.15) is 9.78 Å². The summed E-state index contributed by atoms with van der Waals surface area (Å²) < 4.78 is 12.3. The molecule has 0 spiro atoms. The number of fused-ring (bicyclic) bond motifs is 1. The third kappa shape index (κ3) is 4.73. The minimum absolute atomic E-state index is 0.00689. The molecule has 0 aliphatic carbocycles. The highest BCUT2D eigenvalue weighted by molar-refractivity contribution is 5.91. The molecule has 0 aliphatic rings. The van der Waals surface area contributed by atoms with Crippen molar-refractivity contribution in [2.75, 3.05) is 7.11 Å². The number of benzene rings is 3. The average molecular weight is 456 g/mol. The van der Waals surface area contributed by atoms with E-state index in [1.54, 1.807) is 48.7 Å². The third-order valence-electron chi connectivity index (χ3n) is 5.30. The maximum Gasteiger partial charge on any atom is 0.343 e. The maximum atomic E-state index is 13.1. The van der Waals surface area contributed by atoms with Gasteiger partial charge in [-0.15, -0.1) is 0 Å². The predicted octanol–water partition coefficient (Wildman–Crippen LogP) is 4.94. The number of aromatic nitrogens is 2. The van der Waals surface area contributed by atoms with E-state index in [0.29, 0.717) is 33.6 Å². The van der Waals surface area contributed by atoms with Crippen LogP contribution in [0, 0.1) is 6.92 Å². The smallest absolute Gasteiger partial charge is 0.343 e. The second-order valence-corrected chi connectivity index (χ2v) is 8.17. The van der Waals surface area contributed by atoms with Crippen LogP contribution in [0.15, 0.2) is 76.6 Å². The molecule has 0 atom stereocenters. The molecule has 7 nitrogen and oxygen atoms in total. The number of methoxy groups -OCH3 is 1. The summed E-state index contributed by atoms with van der Waals surface area (Å²) in [5, 5.41) is 4.92. The van der Waals surface area contributed by atoms with Crippen molar-refractivity contribution in [2.24, 2.45) is 5.10 Å². The van der Waals surface area contributed by atoms with E-state index in [0.717, 1.165) is 5.56 Å². The van der Waals surface area contributed by atoms with Crippen LogP contribution in [-0.2, 0) is 0 Å². The van der Waals surface area contributed by atoms with Crippen LogP contribution in [0.25, 0.3) is 10.9 Å². The molecule has 1 heterocycles. The summed E-state index contributed by atoms with van der Waals surface area (Å²) in [6, 6.07) is 19.4. The van der Waals surface area contributed by atoms with Crippen LogP contribution in [0.3, 0.4) is 0 Å². The monoisotopic (exact) mass is 455 g/mol. The van der Waals surface area contributed by atoms with Crippen molar-refractivity contribution in [1.29, 1.82) is 0 Å². The van der Waals surface area contributed by atoms with Crippen LogP contribution < -0.4 is 15.0 Å². The number of carbonyl (C=O) groups excluding carboxylic acids is 1. The van der Waals surface area contributed by atoms with Gasteiger partial charge >= 0.3 is 5.97 Å². The van der Waals surface area contributed by atoms with E-state index in [1.165, 1.54) is 11.8 Å². The zero-order valence-electron chi connectivity index (χ0n) is 19.5. The van der Waals surface area contributed by atoms with Crippen LogP contribution in [0.5, 0.6) is 11.5 Å². The SMILES string of the molecule is COc1cc(C=Nn2c(C(C)C)nc3ccccc3c2=O)ccc1OC(=O)c1ccc(C)cc1. The predicted molar refractivity (Wildman–Crippen MR) is 132 cm³/mol. The average Bonchev–Trinajstić information content (AvgIpc) is 2.84. The third-order valence-corrected chi connectivity index (χ3v) is 5.30. The summed E-state index contributed by atoms with van der Waals surface area (Å²) in [6.45, 7) is 5.87. The topological polar surface area (TPSA) is 82.8 Å². The lowest BCUT2D eigenvalue weighted by Gasteiger charge is -2.12. The van der Waals surface area contributed by atoms with Crippen molar-refractivity contribution in [3.63, 3.8) is 0 Å². The van der Waals surface area contributed by atoms with Gasteiger partial charge in [-0.05, 0) is 55.0 Å². The van der Waals surface area contributed by atoms with Crippen LogP contribution >= 0.6 is 0 Å². The van der Waals surface area contributed by atoms with E-state index in [1.807, 2.05) is 45.0 Å². The van der Waals surface area contributed by atoms with E-state index in [-0.39, 0.29) is 17.2 Å². The minimum atomic E-state index is -0.477. The Kier molecular flexibility index (Phi) is 6.54. The lowest BCUT2D eigenvalue weighted by molar-refractivity contribution is 0.0729. The molecule has 0 fully saturated rings. The van der Waals surface area contributed by atoms with Crippen LogP contribution in [-0.4, -0.2) is 29.0 Å². The van der Waals surface area contributed by atoms with Crippen LogP contribution in [0.4, 0.5) is 0 Å². The Hall–Kier alpha value is -4.26. The Morgan fingerprint density at radius 1 is 1.03 bits per heavy atom. The van der Waals surface area contributed by atoms with Gasteiger partial charge in [-0.3, -0.25) is 4.79 Å². The highest BCUT2D eigenvalue weighted by atomic mass is 16.6. The number of carbonyl (C=O) groups is 1. The normalized spacial score (nSPS) is 11.3. The summed E-state index contributed by atoms with van der Waals surface area (Å²) in [5.41, 5.74) is 2.58. The Morgan fingerprint density at radius 2 is 1.76 bits per heavy atom. The van der Waals surface area contributed by atoms with E-state index in [2.05, 4.69) is 10.1 Å². The molecule has 172 valence electrons. The second-order valence-electron chi connectivity index (χ2n) is 8.17. The lowest BCUT2D eigenvalue weighted by atomic mass is 10.1. The first-order valence-corrected chi connectivity index (χ1v) is 10.9. The summed E-state index contributed by atoms with van der Waals surface area (Å²) in [5.74, 6) is 0.744. The molecule has 0 unspecified atom stereocenters. The number of aryl methyl sites for hydroxylation is 1. The first kappa shape index (κ1) is 22.9. The minimum Gasteiger partial charge on any atom is -0.493 e. The summed E-state index contributed by atoms with van der Waals surface area (Å²) in [6.07, 6.45) is 1.55. The number of rotatable bonds is 6. The van der Waals surface area contributed by atoms with Crippen molar-refractivity contribution < 1.29 is 14.3 Å². The Labute approximate surface area is 197 Å². The number of ether oxygens (including phenoxy) is 2. The van der Waals surface area contributed by atoms with Gasteiger partial charge in [0.25, 0.3) is 5.56 Å². The molecule has 0 N–H and O–H groups in total. The van der Waals surface area contributed by atoms with Gasteiger partial charge in [0.1, 0.15) is 5.82 Å². The van der Waals surface area contributed by atoms with Gasteiger partial charge < -0.3 is 9.47 Å². The molecule has 0 saturated carbocycles. The number of esters is 1. The number of hydrogen-bond acceptors (Lipinski definition) is 6. The molecule has 0 amide bonds. The first-order chi connectivity index (χ1) is 16.4. The Balaban J connectivity index is 1.64. The zero-order valence-corrected chi connectivity index (χ0v) is 19.5. The summed E-state index contributed by atoms with van der Waals surface area (Å²) in [4.78, 5) is 30.2. The van der Waals surface area contributed by atoms with E-state index in [9.17, 15) is 9.59 Å². The van der Waals surface area contributed by atoms with Gasteiger partial charge in [0.2, 0.25) is 0 Å². The van der Waals surface area contributed by atoms with Gasteiger partial charge in [0, 0.05) is 5.92 Å². The molecule has 0 saturated heterocycles. The summed E-state index contributed by atoms with van der Waals surface area (Å²) >= 11 is 0. The van der Waals surface area contributed by atoms with Crippen molar-refractivity contribution in [3.8, 4) is 11.5 Å². The number of hydrogen-bond donors (Lipinski definition) is 0. The molecule has 4 rings (SSSR count). The highest BCUT2D eigenvalue weighted by Crippen LogP contribution is 2.28. The molecule has 34 heavy (non-hydrogen) atoms. The molecular formula is C27H25N3O4. The molecule has 3 aromatic carbocycles. The molecule has 0 aliphatic heterocycles. The fourth-order valence-corrected chi connectivity index (χ4v) is 3.45. The van der Waals surface area contributed by atoms with Gasteiger partial charge in [-0.25, -0.2) is 9.78 Å². The van der Waals surface area contributed by atoms with Crippen molar-refractivity contribution in [1.82, 2.24) is 9.66 Å². The molecular weight excluding hydrogens is 430 g/mol. The van der Waals surface area contributed by atoms with Crippen LogP contribution in [0.1, 0.15) is 47.1 Å². The largest absolute Gasteiger partial charge is 0.493 e. The molecule has 4 aromatic rings. The molecule has 1 aromatic heterocycles.